The summed E-state index contributed by atoms with van der Waals surface area (Å²) in [5, 5.41) is 0.695. The third-order valence-electron chi connectivity index (χ3n) is 4.37. The van der Waals surface area contributed by atoms with E-state index in [9.17, 15) is 8.42 Å². The number of nitrogens with one attached hydrogen (secondary N) is 1. The normalized spacial score (nSPS) is 11.8. The Balaban J connectivity index is 2.13. The molecule has 0 aliphatic carbocycles. The van der Waals surface area contributed by atoms with Crippen molar-refractivity contribution < 1.29 is 8.42 Å². The molecule has 132 valence electrons. The first kappa shape index (κ1) is 17.8. The van der Waals surface area contributed by atoms with Crippen molar-refractivity contribution in [3.05, 3.63) is 58.4 Å². The van der Waals surface area contributed by atoms with Gasteiger partial charge in [0.2, 0.25) is 10.0 Å². The van der Waals surface area contributed by atoms with Gasteiger partial charge >= 0.3 is 0 Å². The van der Waals surface area contributed by atoms with E-state index in [2.05, 4.69) is 9.71 Å². The maximum absolute atomic E-state index is 12.1. The highest BCUT2D eigenvalue weighted by molar-refractivity contribution is 7.92. The first-order chi connectivity index (χ1) is 11.8. The van der Waals surface area contributed by atoms with Crippen LogP contribution in [0.3, 0.4) is 0 Å². The summed E-state index contributed by atoms with van der Waals surface area (Å²) in [5.41, 5.74) is 4.94. The van der Waals surface area contributed by atoms with Crippen LogP contribution >= 0.6 is 11.6 Å². The van der Waals surface area contributed by atoms with E-state index in [1.165, 1.54) is 0 Å². The Bertz CT molecular complexity index is 1040. The molecule has 0 unspecified atom stereocenters. The van der Waals surface area contributed by atoms with Crippen LogP contribution in [-0.4, -0.2) is 23.7 Å². The summed E-state index contributed by atoms with van der Waals surface area (Å²) in [4.78, 5) is 4.46. The molecule has 7 heteroatoms. The molecule has 0 saturated carbocycles. The van der Waals surface area contributed by atoms with E-state index in [1.807, 2.05) is 48.7 Å². The Kier molecular flexibility index (Phi) is 4.75. The number of hydrogen-bond donors (Lipinski definition) is 1. The van der Waals surface area contributed by atoms with Gasteiger partial charge in [-0.05, 0) is 49.6 Å². The minimum absolute atomic E-state index is 0.0161. The molecule has 0 spiro atoms. The summed E-state index contributed by atoms with van der Waals surface area (Å²) < 4.78 is 28.8. The van der Waals surface area contributed by atoms with Gasteiger partial charge in [-0.15, -0.1) is 0 Å². The molecular formula is C18H20ClN3O2S. The van der Waals surface area contributed by atoms with E-state index < -0.39 is 10.0 Å². The molecule has 0 radical (unpaired) electrons. The smallest absolute Gasteiger partial charge is 0.232 e. The molecular weight excluding hydrogens is 358 g/mol. The Labute approximate surface area is 152 Å². The van der Waals surface area contributed by atoms with Gasteiger partial charge in [0.25, 0.3) is 0 Å². The zero-order chi connectivity index (χ0) is 18.2. The molecule has 0 aliphatic heterocycles. The summed E-state index contributed by atoms with van der Waals surface area (Å²) in [6.45, 7) is 6.04. The minimum Gasteiger partial charge on any atom is -0.326 e. The maximum atomic E-state index is 12.1. The molecule has 0 aliphatic rings. The molecule has 0 fully saturated rings. The number of aryl methyl sites for hydroxylation is 1. The second kappa shape index (κ2) is 6.69. The second-order valence-corrected chi connectivity index (χ2v) is 8.45. The number of anilines is 1. The lowest BCUT2D eigenvalue weighted by Gasteiger charge is -2.13. The van der Waals surface area contributed by atoms with Crippen LogP contribution in [0.1, 0.15) is 23.6 Å². The number of imidazole rings is 1. The van der Waals surface area contributed by atoms with Gasteiger partial charge in [0, 0.05) is 5.02 Å². The number of rotatable bonds is 5. The quantitative estimate of drug-likeness (QED) is 0.727. The van der Waals surface area contributed by atoms with Gasteiger partial charge in [-0.3, -0.25) is 4.72 Å². The van der Waals surface area contributed by atoms with Crippen LogP contribution in [-0.2, 0) is 16.6 Å². The predicted octanol–water partition coefficient (Wildman–Crippen LogP) is 4.12. The van der Waals surface area contributed by atoms with Crippen LogP contribution in [0.4, 0.5) is 5.69 Å². The first-order valence-electron chi connectivity index (χ1n) is 8.01. The van der Waals surface area contributed by atoms with Crippen molar-refractivity contribution in [3.63, 3.8) is 0 Å². The lowest BCUT2D eigenvalue weighted by Crippen LogP contribution is -2.16. The lowest BCUT2D eigenvalue weighted by molar-refractivity contribution is 0.602. The fraction of sp³-hybridized carbons (Fsp3) is 0.278. The van der Waals surface area contributed by atoms with Crippen LogP contribution < -0.4 is 4.72 Å². The van der Waals surface area contributed by atoms with Gasteiger partial charge in [0.1, 0.15) is 5.52 Å². The van der Waals surface area contributed by atoms with E-state index in [-0.39, 0.29) is 5.75 Å². The van der Waals surface area contributed by atoms with Crippen molar-refractivity contribution in [2.45, 2.75) is 27.3 Å². The number of hydrogen-bond acceptors (Lipinski definition) is 3. The van der Waals surface area contributed by atoms with Crippen molar-refractivity contribution in [1.82, 2.24) is 9.55 Å². The molecule has 2 aromatic carbocycles. The Hall–Kier alpha value is -2.05. The molecule has 1 heterocycles. The molecule has 0 saturated heterocycles. The van der Waals surface area contributed by atoms with E-state index in [0.29, 0.717) is 22.8 Å². The standard InChI is InChI=1S/C18H20ClN3O2S/c1-4-25(23,24)21-17-13(3)12(2)9-16-18(17)20-11-22(16)10-14-7-5-6-8-15(14)19/h5-9,11,21H,4,10H2,1-3H3. The highest BCUT2D eigenvalue weighted by Crippen LogP contribution is 2.30. The average molecular weight is 378 g/mol. The van der Waals surface area contributed by atoms with Crippen molar-refractivity contribution in [3.8, 4) is 0 Å². The third-order valence-corrected chi connectivity index (χ3v) is 6.01. The summed E-state index contributed by atoms with van der Waals surface area (Å²) >= 11 is 6.26. The zero-order valence-corrected chi connectivity index (χ0v) is 15.9. The van der Waals surface area contributed by atoms with Crippen molar-refractivity contribution in [1.29, 1.82) is 0 Å². The van der Waals surface area contributed by atoms with E-state index in [0.717, 1.165) is 22.2 Å². The number of nitrogens with zero attached hydrogens (tertiary/aromatic N) is 2. The first-order valence-corrected chi connectivity index (χ1v) is 10.0. The second-order valence-electron chi connectivity index (χ2n) is 6.03. The molecule has 3 rings (SSSR count). The van der Waals surface area contributed by atoms with E-state index >= 15 is 0 Å². The molecule has 1 aromatic heterocycles. The maximum Gasteiger partial charge on any atom is 0.232 e. The molecule has 0 amide bonds. The monoisotopic (exact) mass is 377 g/mol. The lowest BCUT2D eigenvalue weighted by atomic mass is 10.1. The number of benzene rings is 2. The fourth-order valence-electron chi connectivity index (χ4n) is 2.71. The van der Waals surface area contributed by atoms with Crippen LogP contribution in [0.15, 0.2) is 36.7 Å². The van der Waals surface area contributed by atoms with Gasteiger partial charge in [-0.2, -0.15) is 0 Å². The summed E-state index contributed by atoms with van der Waals surface area (Å²) in [5.74, 6) is 0.0161. The molecule has 3 aromatic rings. The van der Waals surface area contributed by atoms with Crippen LogP contribution in [0.2, 0.25) is 5.02 Å². The highest BCUT2D eigenvalue weighted by Gasteiger charge is 2.17. The number of aromatic nitrogens is 2. The van der Waals surface area contributed by atoms with Crippen LogP contribution in [0.25, 0.3) is 11.0 Å². The summed E-state index contributed by atoms with van der Waals surface area (Å²) in [6.07, 6.45) is 1.72. The number of halogens is 1. The summed E-state index contributed by atoms with van der Waals surface area (Å²) in [7, 11) is -3.38. The van der Waals surface area contributed by atoms with Crippen molar-refractivity contribution >= 4 is 38.3 Å². The largest absolute Gasteiger partial charge is 0.326 e. The van der Waals surface area contributed by atoms with Crippen molar-refractivity contribution in [2.75, 3.05) is 10.5 Å². The van der Waals surface area contributed by atoms with Gasteiger partial charge < -0.3 is 4.57 Å². The van der Waals surface area contributed by atoms with Gasteiger partial charge in [0.05, 0.1) is 29.8 Å². The predicted molar refractivity (Wildman–Crippen MR) is 103 cm³/mol. The van der Waals surface area contributed by atoms with E-state index in [1.54, 1.807) is 13.3 Å². The van der Waals surface area contributed by atoms with Gasteiger partial charge in [0.15, 0.2) is 0 Å². The van der Waals surface area contributed by atoms with Crippen molar-refractivity contribution in [2.24, 2.45) is 0 Å². The Morgan fingerprint density at radius 1 is 1.24 bits per heavy atom. The zero-order valence-electron chi connectivity index (χ0n) is 14.4. The highest BCUT2D eigenvalue weighted by atomic mass is 35.5. The number of fused-ring (bicyclic) bond motifs is 1. The SMILES string of the molecule is CCS(=O)(=O)Nc1c(C)c(C)cc2c1ncn2Cc1ccccc1Cl. The average Bonchev–Trinajstić information content (AvgIpc) is 2.96. The van der Waals surface area contributed by atoms with Crippen LogP contribution in [0, 0.1) is 13.8 Å². The van der Waals surface area contributed by atoms with Gasteiger partial charge in [-0.1, -0.05) is 29.8 Å². The molecule has 1 N–H and O–H groups in total. The van der Waals surface area contributed by atoms with E-state index in [4.69, 9.17) is 11.6 Å². The third kappa shape index (κ3) is 3.50. The minimum atomic E-state index is -3.38. The molecule has 0 atom stereocenters. The summed E-state index contributed by atoms with van der Waals surface area (Å²) in [6, 6.07) is 9.68. The molecule has 5 nitrogen and oxygen atoms in total. The molecule has 25 heavy (non-hydrogen) atoms. The van der Waals surface area contributed by atoms with Crippen LogP contribution in [0.5, 0.6) is 0 Å². The Morgan fingerprint density at radius 2 is 1.96 bits per heavy atom. The number of sulfonamides is 1. The Morgan fingerprint density at radius 3 is 2.64 bits per heavy atom. The van der Waals surface area contributed by atoms with Gasteiger partial charge in [-0.25, -0.2) is 13.4 Å². The fourth-order valence-corrected chi connectivity index (χ4v) is 3.61. The topological polar surface area (TPSA) is 64.0 Å². The molecule has 0 bridgehead atoms.